The molecule has 170 valence electrons. The molecule has 0 radical (unpaired) electrons. The normalized spacial score (nSPS) is 45.2. The fraction of sp³-hybridized carbons (Fsp3) is 0.640. The maximum atomic E-state index is 12.0. The van der Waals surface area contributed by atoms with Gasteiger partial charge < -0.3 is 28.2 Å². The lowest BCUT2D eigenvalue weighted by molar-refractivity contribution is -0.151. The molecule has 32 heavy (non-hydrogen) atoms. The van der Waals surface area contributed by atoms with E-state index in [0.29, 0.717) is 12.8 Å². The van der Waals surface area contributed by atoms with Crippen LogP contribution in [0.2, 0.25) is 0 Å². The number of aliphatic hydroxyl groups is 1. The summed E-state index contributed by atoms with van der Waals surface area (Å²) in [7, 11) is 0. The fourth-order valence-electron chi connectivity index (χ4n) is 7.68. The molecular weight excluding hydrogens is 412 g/mol. The molecule has 7 atom stereocenters. The van der Waals surface area contributed by atoms with Gasteiger partial charge in [0, 0.05) is 35.3 Å². The van der Waals surface area contributed by atoms with Crippen molar-refractivity contribution in [2.75, 3.05) is 0 Å². The van der Waals surface area contributed by atoms with Gasteiger partial charge in [-0.3, -0.25) is 4.79 Å². The lowest BCUT2D eigenvalue weighted by Crippen LogP contribution is -2.43. The largest absolute Gasteiger partial charge is 0.472 e. The topological polar surface area (TPSA) is 91.3 Å². The molecule has 5 aliphatic rings. The number of aliphatic hydroxyl groups excluding tert-OH is 1. The quantitative estimate of drug-likeness (QED) is 0.730. The molecular formula is C25H28O7. The van der Waals surface area contributed by atoms with Crippen LogP contribution in [-0.2, 0) is 37.3 Å². The molecule has 4 fully saturated rings. The highest BCUT2D eigenvalue weighted by atomic mass is 16.6. The van der Waals surface area contributed by atoms with E-state index in [2.05, 4.69) is 19.9 Å². The van der Waals surface area contributed by atoms with Crippen molar-refractivity contribution in [3.63, 3.8) is 0 Å². The molecule has 3 saturated heterocycles. The van der Waals surface area contributed by atoms with Crippen LogP contribution in [0.5, 0.6) is 0 Å². The highest BCUT2D eigenvalue weighted by Crippen LogP contribution is 2.81. The summed E-state index contributed by atoms with van der Waals surface area (Å²) in [5.41, 5.74) is 0.452. The van der Waals surface area contributed by atoms with Gasteiger partial charge in [-0.25, -0.2) is 0 Å². The van der Waals surface area contributed by atoms with Crippen molar-refractivity contribution >= 4 is 5.97 Å². The summed E-state index contributed by atoms with van der Waals surface area (Å²) in [5, 5.41) is 11.0. The number of ether oxygens (including phenoxy) is 3. The van der Waals surface area contributed by atoms with Crippen molar-refractivity contribution in [3.8, 4) is 0 Å². The first-order valence-electron chi connectivity index (χ1n) is 11.6. The molecule has 7 nitrogen and oxygen atoms in total. The SMILES string of the molecule is CC1(C)OC2CC(=O)OC2(C)C1Cc1cc2c(o1)CCC13CC21C(O)OC3c1ccoc1. The van der Waals surface area contributed by atoms with Crippen molar-refractivity contribution in [1.82, 2.24) is 0 Å². The predicted octanol–water partition coefficient (Wildman–Crippen LogP) is 3.58. The lowest BCUT2D eigenvalue weighted by Gasteiger charge is -2.32. The number of carbonyl (C=O) groups is 1. The van der Waals surface area contributed by atoms with Gasteiger partial charge in [-0.1, -0.05) is 0 Å². The smallest absolute Gasteiger partial charge is 0.309 e. The van der Waals surface area contributed by atoms with E-state index in [1.807, 2.05) is 13.0 Å². The maximum absolute atomic E-state index is 12.0. The zero-order valence-corrected chi connectivity index (χ0v) is 18.6. The maximum Gasteiger partial charge on any atom is 0.309 e. The summed E-state index contributed by atoms with van der Waals surface area (Å²) >= 11 is 0. The molecule has 1 N–H and O–H groups in total. The average molecular weight is 440 g/mol. The molecule has 2 aromatic rings. The van der Waals surface area contributed by atoms with Crippen molar-refractivity contribution in [2.24, 2.45) is 11.3 Å². The highest BCUT2D eigenvalue weighted by molar-refractivity contribution is 5.74. The van der Waals surface area contributed by atoms with Crippen LogP contribution in [-0.4, -0.2) is 34.7 Å². The zero-order valence-electron chi connectivity index (χ0n) is 18.6. The summed E-state index contributed by atoms with van der Waals surface area (Å²) < 4.78 is 29.8. The van der Waals surface area contributed by atoms with E-state index in [0.717, 1.165) is 41.9 Å². The number of rotatable bonds is 3. The van der Waals surface area contributed by atoms with Gasteiger partial charge in [0.2, 0.25) is 0 Å². The van der Waals surface area contributed by atoms with Crippen LogP contribution < -0.4 is 0 Å². The summed E-state index contributed by atoms with van der Waals surface area (Å²) in [6, 6.07) is 4.04. The minimum Gasteiger partial charge on any atom is -0.472 e. The van der Waals surface area contributed by atoms with E-state index in [-0.39, 0.29) is 29.5 Å². The number of carbonyl (C=O) groups excluding carboxylic acids is 1. The third kappa shape index (κ3) is 2.11. The Labute approximate surface area is 186 Å². The van der Waals surface area contributed by atoms with Crippen molar-refractivity contribution in [1.29, 1.82) is 0 Å². The predicted molar refractivity (Wildman–Crippen MR) is 110 cm³/mol. The van der Waals surface area contributed by atoms with Gasteiger partial charge in [0.25, 0.3) is 0 Å². The molecule has 3 aliphatic heterocycles. The van der Waals surface area contributed by atoms with Gasteiger partial charge >= 0.3 is 5.97 Å². The van der Waals surface area contributed by atoms with E-state index in [1.165, 1.54) is 0 Å². The molecule has 0 amide bonds. The Morgan fingerprint density at radius 3 is 2.88 bits per heavy atom. The van der Waals surface area contributed by atoms with Gasteiger partial charge in [0.15, 0.2) is 6.29 Å². The highest BCUT2D eigenvalue weighted by Gasteiger charge is 2.82. The van der Waals surface area contributed by atoms with Crippen LogP contribution in [0.25, 0.3) is 0 Å². The van der Waals surface area contributed by atoms with Crippen molar-refractivity contribution in [2.45, 2.75) is 88.0 Å². The number of furan rings is 2. The minimum atomic E-state index is -0.865. The van der Waals surface area contributed by atoms with Gasteiger partial charge in [0.05, 0.1) is 36.1 Å². The average Bonchev–Trinajstić information content (AvgIpc) is 3.20. The first-order chi connectivity index (χ1) is 15.2. The summed E-state index contributed by atoms with van der Waals surface area (Å²) in [4.78, 5) is 12.0. The fourth-order valence-corrected chi connectivity index (χ4v) is 7.68. The molecule has 2 aliphatic carbocycles. The number of fused-ring (bicyclic) bond motifs is 2. The van der Waals surface area contributed by atoms with Crippen molar-refractivity contribution < 1.29 is 32.9 Å². The van der Waals surface area contributed by atoms with E-state index in [9.17, 15) is 9.90 Å². The second-order valence-electron chi connectivity index (χ2n) is 11.1. The molecule has 1 saturated carbocycles. The monoisotopic (exact) mass is 440 g/mol. The summed E-state index contributed by atoms with van der Waals surface area (Å²) in [5.74, 6) is 1.59. The van der Waals surface area contributed by atoms with Crippen LogP contribution in [0.1, 0.15) is 68.8 Å². The number of aryl methyl sites for hydroxylation is 1. The Balaban J connectivity index is 1.23. The number of hydrogen-bond acceptors (Lipinski definition) is 7. The second-order valence-corrected chi connectivity index (χ2v) is 11.1. The van der Waals surface area contributed by atoms with Gasteiger partial charge in [-0.15, -0.1) is 0 Å². The molecule has 0 bridgehead atoms. The van der Waals surface area contributed by atoms with Crippen LogP contribution in [0.3, 0.4) is 0 Å². The van der Waals surface area contributed by atoms with E-state index in [4.69, 9.17) is 23.0 Å². The Kier molecular flexibility index (Phi) is 3.45. The molecule has 2 aromatic heterocycles. The minimum absolute atomic E-state index is 0.0241. The molecule has 0 spiro atoms. The summed E-state index contributed by atoms with van der Waals surface area (Å²) in [6.45, 7) is 6.11. The van der Waals surface area contributed by atoms with Crippen LogP contribution >= 0.6 is 0 Å². The first-order valence-corrected chi connectivity index (χ1v) is 11.6. The van der Waals surface area contributed by atoms with E-state index < -0.39 is 22.9 Å². The first kappa shape index (κ1) is 19.4. The Morgan fingerprint density at radius 1 is 1.25 bits per heavy atom. The Bertz CT molecular complexity index is 1120. The molecule has 7 heteroatoms. The van der Waals surface area contributed by atoms with Crippen LogP contribution in [0, 0.1) is 11.3 Å². The van der Waals surface area contributed by atoms with Crippen LogP contribution in [0.15, 0.2) is 33.5 Å². The number of hydrogen-bond donors (Lipinski definition) is 1. The molecule has 0 aromatic carbocycles. The van der Waals surface area contributed by atoms with Crippen molar-refractivity contribution in [3.05, 3.63) is 47.3 Å². The Hall–Kier alpha value is -2.09. The summed E-state index contributed by atoms with van der Waals surface area (Å²) in [6.07, 6.45) is 5.66. The van der Waals surface area contributed by atoms with E-state index in [1.54, 1.807) is 12.5 Å². The third-order valence-electron chi connectivity index (χ3n) is 9.24. The third-order valence-corrected chi connectivity index (χ3v) is 9.24. The van der Waals surface area contributed by atoms with Gasteiger partial charge in [0.1, 0.15) is 23.2 Å². The van der Waals surface area contributed by atoms with Gasteiger partial charge in [-0.05, 0) is 45.7 Å². The zero-order chi connectivity index (χ0) is 22.1. The van der Waals surface area contributed by atoms with Crippen LogP contribution in [0.4, 0.5) is 0 Å². The molecule has 5 heterocycles. The lowest BCUT2D eigenvalue weighted by atomic mass is 9.74. The molecule has 7 unspecified atom stereocenters. The van der Waals surface area contributed by atoms with E-state index >= 15 is 0 Å². The number of esters is 1. The van der Waals surface area contributed by atoms with Gasteiger partial charge in [-0.2, -0.15) is 0 Å². The Morgan fingerprint density at radius 2 is 2.09 bits per heavy atom. The standard InChI is InChI=1S/C25H28O7/c1-22(2)17(23(3)18(31-22)10-19(26)32-23)9-14-8-15-16(29-14)4-6-24-12-25(15,24)21(27)30-20(24)13-5-7-28-11-13/h5,7-8,11,17-18,20-21,27H,4,6,9-10,12H2,1-3H3. The molecule has 7 rings (SSSR count). The second kappa shape index (κ2) is 5.69.